The van der Waals surface area contributed by atoms with Crippen molar-refractivity contribution in [3.8, 4) is 11.3 Å². The van der Waals surface area contributed by atoms with Crippen LogP contribution in [0.5, 0.6) is 0 Å². The van der Waals surface area contributed by atoms with E-state index in [1.165, 1.54) is 0 Å². The standard InChI is InChI=1S/C14H15BrN2O/c1-9-8-12(10-6-4-5-7-11(10)15)17-13(16-9)14(2,3)18/h4-8,18H,1-3H3. The van der Waals surface area contributed by atoms with E-state index in [0.717, 1.165) is 21.4 Å². The Labute approximate surface area is 115 Å². The highest BCUT2D eigenvalue weighted by molar-refractivity contribution is 9.10. The van der Waals surface area contributed by atoms with Gasteiger partial charge < -0.3 is 5.11 Å². The predicted octanol–water partition coefficient (Wildman–Crippen LogP) is 3.44. The summed E-state index contributed by atoms with van der Waals surface area (Å²) in [5, 5.41) is 10.0. The summed E-state index contributed by atoms with van der Waals surface area (Å²) in [5.41, 5.74) is 1.61. The van der Waals surface area contributed by atoms with Crippen molar-refractivity contribution in [2.45, 2.75) is 26.4 Å². The highest BCUT2D eigenvalue weighted by Gasteiger charge is 2.21. The molecule has 0 saturated carbocycles. The molecule has 1 aromatic carbocycles. The van der Waals surface area contributed by atoms with E-state index in [-0.39, 0.29) is 0 Å². The normalized spacial score (nSPS) is 11.6. The Hall–Kier alpha value is -1.26. The fourth-order valence-corrected chi connectivity index (χ4v) is 2.14. The molecule has 0 unspecified atom stereocenters. The smallest absolute Gasteiger partial charge is 0.160 e. The molecule has 0 fully saturated rings. The van der Waals surface area contributed by atoms with Gasteiger partial charge in [-0.2, -0.15) is 0 Å². The van der Waals surface area contributed by atoms with Crippen molar-refractivity contribution in [2.75, 3.05) is 0 Å². The summed E-state index contributed by atoms with van der Waals surface area (Å²) in [6, 6.07) is 9.78. The van der Waals surface area contributed by atoms with Crippen molar-refractivity contribution in [2.24, 2.45) is 0 Å². The van der Waals surface area contributed by atoms with E-state index in [2.05, 4.69) is 25.9 Å². The summed E-state index contributed by atoms with van der Waals surface area (Å²) < 4.78 is 0.977. The minimum absolute atomic E-state index is 0.438. The Morgan fingerprint density at radius 3 is 2.44 bits per heavy atom. The van der Waals surface area contributed by atoms with Crippen molar-refractivity contribution in [1.82, 2.24) is 9.97 Å². The largest absolute Gasteiger partial charge is 0.382 e. The second kappa shape index (κ2) is 4.78. The lowest BCUT2D eigenvalue weighted by Crippen LogP contribution is -2.20. The summed E-state index contributed by atoms with van der Waals surface area (Å²) in [6.45, 7) is 5.27. The van der Waals surface area contributed by atoms with Crippen molar-refractivity contribution >= 4 is 15.9 Å². The molecule has 4 heteroatoms. The third kappa shape index (κ3) is 2.76. The lowest BCUT2D eigenvalue weighted by atomic mass is 10.1. The summed E-state index contributed by atoms with van der Waals surface area (Å²) >= 11 is 3.51. The van der Waals surface area contributed by atoms with E-state index in [9.17, 15) is 5.11 Å². The molecule has 0 bridgehead atoms. The average Bonchev–Trinajstić information content (AvgIpc) is 2.27. The minimum atomic E-state index is -1.04. The molecule has 0 atom stereocenters. The van der Waals surface area contributed by atoms with Gasteiger partial charge in [-0.1, -0.05) is 34.1 Å². The molecule has 2 aromatic rings. The maximum absolute atomic E-state index is 10.0. The Bertz CT molecular complexity index is 576. The number of rotatable bonds is 2. The van der Waals surface area contributed by atoms with Crippen LogP contribution < -0.4 is 0 Å². The first-order valence-corrected chi connectivity index (χ1v) is 6.50. The van der Waals surface area contributed by atoms with Gasteiger partial charge in [0, 0.05) is 15.7 Å². The zero-order chi connectivity index (χ0) is 13.3. The van der Waals surface area contributed by atoms with Crippen LogP contribution in [0.3, 0.4) is 0 Å². The van der Waals surface area contributed by atoms with Gasteiger partial charge in [0.25, 0.3) is 0 Å². The number of aliphatic hydroxyl groups is 1. The van der Waals surface area contributed by atoms with Crippen LogP contribution in [0.4, 0.5) is 0 Å². The Morgan fingerprint density at radius 1 is 1.17 bits per heavy atom. The van der Waals surface area contributed by atoms with Crippen molar-refractivity contribution in [1.29, 1.82) is 0 Å². The topological polar surface area (TPSA) is 46.0 Å². The summed E-state index contributed by atoms with van der Waals surface area (Å²) in [6.07, 6.45) is 0. The maximum Gasteiger partial charge on any atom is 0.160 e. The molecule has 0 spiro atoms. The highest BCUT2D eigenvalue weighted by atomic mass is 79.9. The van der Waals surface area contributed by atoms with Crippen LogP contribution in [-0.2, 0) is 5.60 Å². The number of halogens is 1. The Balaban J connectivity index is 2.60. The van der Waals surface area contributed by atoms with Crippen LogP contribution >= 0.6 is 15.9 Å². The van der Waals surface area contributed by atoms with E-state index in [1.807, 2.05) is 37.3 Å². The van der Waals surface area contributed by atoms with Crippen LogP contribution in [0.15, 0.2) is 34.8 Å². The van der Waals surface area contributed by atoms with Crippen LogP contribution in [0.25, 0.3) is 11.3 Å². The van der Waals surface area contributed by atoms with Gasteiger partial charge in [-0.05, 0) is 32.9 Å². The molecule has 1 heterocycles. The second-order valence-corrected chi connectivity index (χ2v) is 5.61. The van der Waals surface area contributed by atoms with Crippen LogP contribution in [0.1, 0.15) is 25.4 Å². The summed E-state index contributed by atoms with van der Waals surface area (Å²) in [5.74, 6) is 0.438. The van der Waals surface area contributed by atoms with E-state index in [1.54, 1.807) is 13.8 Å². The summed E-state index contributed by atoms with van der Waals surface area (Å²) in [4.78, 5) is 8.73. The Kier molecular flexibility index (Phi) is 3.50. The lowest BCUT2D eigenvalue weighted by molar-refractivity contribution is 0.0686. The van der Waals surface area contributed by atoms with Gasteiger partial charge in [0.15, 0.2) is 5.82 Å². The lowest BCUT2D eigenvalue weighted by Gasteiger charge is -2.17. The minimum Gasteiger partial charge on any atom is -0.382 e. The fourth-order valence-electron chi connectivity index (χ4n) is 1.65. The summed E-state index contributed by atoms with van der Waals surface area (Å²) in [7, 11) is 0. The van der Waals surface area contributed by atoms with E-state index < -0.39 is 5.60 Å². The molecule has 0 radical (unpaired) electrons. The zero-order valence-corrected chi connectivity index (χ0v) is 12.2. The quantitative estimate of drug-likeness (QED) is 0.924. The first-order chi connectivity index (χ1) is 8.38. The fraction of sp³-hybridized carbons (Fsp3) is 0.286. The van der Waals surface area contributed by atoms with Gasteiger partial charge in [-0.25, -0.2) is 9.97 Å². The van der Waals surface area contributed by atoms with Crippen molar-refractivity contribution in [3.05, 3.63) is 46.3 Å². The number of benzene rings is 1. The molecule has 1 aromatic heterocycles. The zero-order valence-electron chi connectivity index (χ0n) is 10.6. The van der Waals surface area contributed by atoms with Gasteiger partial charge in [0.05, 0.1) is 5.69 Å². The van der Waals surface area contributed by atoms with Crippen molar-refractivity contribution in [3.63, 3.8) is 0 Å². The number of hydrogen-bond acceptors (Lipinski definition) is 3. The van der Waals surface area contributed by atoms with Crippen LogP contribution in [-0.4, -0.2) is 15.1 Å². The van der Waals surface area contributed by atoms with Crippen LogP contribution in [0, 0.1) is 6.92 Å². The SMILES string of the molecule is Cc1cc(-c2ccccc2Br)nc(C(C)(C)O)n1. The molecule has 0 saturated heterocycles. The highest BCUT2D eigenvalue weighted by Crippen LogP contribution is 2.28. The molecule has 94 valence electrons. The first kappa shape index (κ1) is 13.2. The number of aromatic nitrogens is 2. The molecule has 2 rings (SSSR count). The van der Waals surface area contributed by atoms with Gasteiger partial charge in [0.2, 0.25) is 0 Å². The molecular formula is C14H15BrN2O. The van der Waals surface area contributed by atoms with Gasteiger partial charge in [0.1, 0.15) is 5.60 Å². The molecular weight excluding hydrogens is 292 g/mol. The predicted molar refractivity (Wildman–Crippen MR) is 75.1 cm³/mol. The molecule has 3 nitrogen and oxygen atoms in total. The molecule has 1 N–H and O–H groups in total. The Morgan fingerprint density at radius 2 is 1.83 bits per heavy atom. The van der Waals surface area contributed by atoms with Gasteiger partial charge in [-0.15, -0.1) is 0 Å². The van der Waals surface area contributed by atoms with E-state index in [0.29, 0.717) is 5.82 Å². The molecule has 0 amide bonds. The van der Waals surface area contributed by atoms with E-state index >= 15 is 0 Å². The van der Waals surface area contributed by atoms with E-state index in [4.69, 9.17) is 0 Å². The van der Waals surface area contributed by atoms with Crippen LogP contribution in [0.2, 0.25) is 0 Å². The molecule has 0 aliphatic rings. The third-order valence-electron chi connectivity index (χ3n) is 2.55. The molecule has 0 aliphatic heterocycles. The van der Waals surface area contributed by atoms with Crippen molar-refractivity contribution < 1.29 is 5.11 Å². The number of hydrogen-bond donors (Lipinski definition) is 1. The average molecular weight is 307 g/mol. The molecule has 0 aliphatic carbocycles. The first-order valence-electron chi connectivity index (χ1n) is 5.71. The molecule has 18 heavy (non-hydrogen) atoms. The monoisotopic (exact) mass is 306 g/mol. The maximum atomic E-state index is 10.0. The number of nitrogens with zero attached hydrogens (tertiary/aromatic N) is 2. The second-order valence-electron chi connectivity index (χ2n) is 4.76. The van der Waals surface area contributed by atoms with Gasteiger partial charge in [-0.3, -0.25) is 0 Å². The van der Waals surface area contributed by atoms with Gasteiger partial charge >= 0.3 is 0 Å². The number of aryl methyl sites for hydroxylation is 1. The third-order valence-corrected chi connectivity index (χ3v) is 3.24.